The molecule has 6 rings (SSSR count). The molecule has 3 N–H and O–H groups in total. The van der Waals surface area contributed by atoms with E-state index in [2.05, 4.69) is 68.1 Å². The van der Waals surface area contributed by atoms with Gasteiger partial charge in [-0.25, -0.2) is 0 Å². The Bertz CT molecular complexity index is 1250. The van der Waals surface area contributed by atoms with E-state index >= 15 is 0 Å². The Morgan fingerprint density at radius 3 is 2.30 bits per heavy atom. The summed E-state index contributed by atoms with van der Waals surface area (Å²) in [4.78, 5) is 12.4. The fraction of sp³-hybridized carbons (Fsp3) is 0.167. The average Bonchev–Trinajstić information content (AvgIpc) is 3.56. The number of fused-ring (bicyclic) bond motifs is 2. The lowest BCUT2D eigenvalue weighted by Crippen LogP contribution is -2.19. The number of aromatic nitrogens is 1. The van der Waals surface area contributed by atoms with Crippen molar-refractivity contribution in [1.29, 1.82) is 0 Å². The molecule has 0 fully saturated rings. The fourth-order valence-corrected chi connectivity index (χ4v) is 4.03. The molecule has 6 heteroatoms. The minimum atomic E-state index is 0.826. The summed E-state index contributed by atoms with van der Waals surface area (Å²) in [6, 6.07) is 16.8. The highest BCUT2D eigenvalue weighted by Crippen LogP contribution is 2.24. The quantitative estimate of drug-likeness (QED) is 0.492. The SMILES string of the molecule is C(=C/c1cc2ccc(C3=NCCN3)cc2o1)/c1cc2cc(C3=NCCN3)ccc2[nH]1. The maximum Gasteiger partial charge on any atom is 0.135 e. The first kappa shape index (κ1) is 17.1. The second-order valence-electron chi connectivity index (χ2n) is 7.58. The molecule has 0 saturated carbocycles. The minimum Gasteiger partial charge on any atom is -0.457 e. The van der Waals surface area contributed by atoms with Gasteiger partial charge in [0.1, 0.15) is 23.0 Å². The average molecular weight is 395 g/mol. The van der Waals surface area contributed by atoms with E-state index in [0.717, 1.165) is 76.9 Å². The number of aliphatic imine (C=N–C) groups is 2. The van der Waals surface area contributed by atoms with Crippen molar-refractivity contribution in [2.24, 2.45) is 9.98 Å². The van der Waals surface area contributed by atoms with Crippen LogP contribution in [0, 0.1) is 0 Å². The first-order chi connectivity index (χ1) is 14.8. The number of nitrogens with one attached hydrogen (secondary N) is 3. The summed E-state index contributed by atoms with van der Waals surface area (Å²) in [6.07, 6.45) is 4.05. The lowest BCUT2D eigenvalue weighted by Gasteiger charge is -2.01. The van der Waals surface area contributed by atoms with Crippen LogP contribution in [0.2, 0.25) is 0 Å². The second-order valence-corrected chi connectivity index (χ2v) is 7.58. The van der Waals surface area contributed by atoms with E-state index in [-0.39, 0.29) is 0 Å². The number of rotatable bonds is 4. The molecule has 0 radical (unpaired) electrons. The molecule has 148 valence electrons. The van der Waals surface area contributed by atoms with Gasteiger partial charge < -0.3 is 20.0 Å². The molecule has 2 aliphatic heterocycles. The monoisotopic (exact) mass is 395 g/mol. The van der Waals surface area contributed by atoms with E-state index in [1.54, 1.807) is 0 Å². The molecular formula is C24H21N5O. The Balaban J connectivity index is 1.27. The molecule has 6 nitrogen and oxygen atoms in total. The highest BCUT2D eigenvalue weighted by molar-refractivity contribution is 6.03. The maximum absolute atomic E-state index is 6.04. The van der Waals surface area contributed by atoms with Crippen LogP contribution in [0.3, 0.4) is 0 Å². The normalized spacial score (nSPS) is 16.3. The van der Waals surface area contributed by atoms with Gasteiger partial charge in [-0.1, -0.05) is 12.1 Å². The van der Waals surface area contributed by atoms with Crippen LogP contribution in [-0.4, -0.2) is 42.8 Å². The van der Waals surface area contributed by atoms with Gasteiger partial charge in [-0.05, 0) is 48.6 Å². The Kier molecular flexibility index (Phi) is 3.94. The van der Waals surface area contributed by atoms with Crippen molar-refractivity contribution < 1.29 is 4.42 Å². The molecule has 4 aromatic rings. The molecule has 0 saturated heterocycles. The molecular weight excluding hydrogens is 374 g/mol. The van der Waals surface area contributed by atoms with Gasteiger partial charge in [0.15, 0.2) is 0 Å². The smallest absolute Gasteiger partial charge is 0.135 e. The van der Waals surface area contributed by atoms with Crippen molar-refractivity contribution in [3.8, 4) is 0 Å². The summed E-state index contributed by atoms with van der Waals surface area (Å²) in [5.41, 5.74) is 5.21. The number of amidine groups is 2. The Hall–Kier alpha value is -3.80. The zero-order valence-corrected chi connectivity index (χ0v) is 16.4. The summed E-state index contributed by atoms with van der Waals surface area (Å²) in [6.45, 7) is 3.49. The third-order valence-corrected chi connectivity index (χ3v) is 5.50. The van der Waals surface area contributed by atoms with Gasteiger partial charge in [0.25, 0.3) is 0 Å². The van der Waals surface area contributed by atoms with E-state index < -0.39 is 0 Å². The van der Waals surface area contributed by atoms with E-state index in [4.69, 9.17) is 4.42 Å². The maximum atomic E-state index is 6.04. The van der Waals surface area contributed by atoms with E-state index in [9.17, 15) is 0 Å². The van der Waals surface area contributed by atoms with Gasteiger partial charge in [-0.3, -0.25) is 9.98 Å². The predicted octanol–water partition coefficient (Wildman–Crippen LogP) is 3.78. The Morgan fingerprint density at radius 1 is 0.767 bits per heavy atom. The summed E-state index contributed by atoms with van der Waals surface area (Å²) in [7, 11) is 0. The number of hydrogen-bond donors (Lipinski definition) is 3. The van der Waals surface area contributed by atoms with Crippen LogP contribution in [0.1, 0.15) is 22.6 Å². The van der Waals surface area contributed by atoms with Gasteiger partial charge in [-0.15, -0.1) is 0 Å². The Labute approximate surface area is 173 Å². The van der Waals surface area contributed by atoms with Crippen molar-refractivity contribution in [2.45, 2.75) is 0 Å². The van der Waals surface area contributed by atoms with Gasteiger partial charge in [0.2, 0.25) is 0 Å². The molecule has 2 aromatic heterocycles. The number of nitrogens with zero attached hydrogens (tertiary/aromatic N) is 2. The highest BCUT2D eigenvalue weighted by Gasteiger charge is 2.11. The molecule has 0 atom stereocenters. The highest BCUT2D eigenvalue weighted by atomic mass is 16.3. The van der Waals surface area contributed by atoms with E-state index in [1.807, 2.05) is 18.2 Å². The fourth-order valence-electron chi connectivity index (χ4n) is 4.03. The van der Waals surface area contributed by atoms with Crippen LogP contribution in [0.5, 0.6) is 0 Å². The number of furan rings is 1. The van der Waals surface area contributed by atoms with Crippen molar-refractivity contribution in [3.05, 3.63) is 71.1 Å². The summed E-state index contributed by atoms with van der Waals surface area (Å²) in [5.74, 6) is 2.75. The topological polar surface area (TPSA) is 77.7 Å². The molecule has 2 aromatic carbocycles. The lowest BCUT2D eigenvalue weighted by molar-refractivity contribution is 0.604. The van der Waals surface area contributed by atoms with Crippen LogP contribution >= 0.6 is 0 Å². The molecule has 30 heavy (non-hydrogen) atoms. The molecule has 0 amide bonds. The lowest BCUT2D eigenvalue weighted by atomic mass is 10.1. The van der Waals surface area contributed by atoms with Gasteiger partial charge in [0.05, 0.1) is 13.1 Å². The van der Waals surface area contributed by atoms with Gasteiger partial charge >= 0.3 is 0 Å². The Morgan fingerprint density at radius 2 is 1.53 bits per heavy atom. The van der Waals surface area contributed by atoms with Crippen LogP contribution in [0.15, 0.2) is 62.9 Å². The van der Waals surface area contributed by atoms with Crippen LogP contribution in [0.25, 0.3) is 34.0 Å². The predicted molar refractivity (Wildman–Crippen MR) is 122 cm³/mol. The van der Waals surface area contributed by atoms with E-state index in [1.165, 1.54) is 5.39 Å². The zero-order valence-electron chi connectivity index (χ0n) is 16.4. The molecule has 0 aliphatic carbocycles. The molecule has 4 heterocycles. The minimum absolute atomic E-state index is 0.826. The third kappa shape index (κ3) is 3.06. The number of H-pyrrole nitrogens is 1. The summed E-state index contributed by atoms with van der Waals surface area (Å²) >= 11 is 0. The zero-order chi connectivity index (χ0) is 19.9. The van der Waals surface area contributed by atoms with Crippen LogP contribution in [0.4, 0.5) is 0 Å². The standard InChI is InChI=1S/C24H21N5O/c1-2-17(24-27-9-10-28-24)14-22-15(1)13-20(30-22)5-4-19-12-18-11-16(3-6-21(18)29-19)23-25-7-8-26-23/h1-6,11-14,29H,7-10H2,(H,25,26)(H,27,28)/b5-4-. The van der Waals surface area contributed by atoms with Gasteiger partial charge in [-0.2, -0.15) is 0 Å². The molecule has 0 spiro atoms. The molecule has 0 bridgehead atoms. The summed E-state index contributed by atoms with van der Waals surface area (Å²) in [5, 5.41) is 8.89. The van der Waals surface area contributed by atoms with Crippen molar-refractivity contribution in [1.82, 2.24) is 15.6 Å². The number of hydrogen-bond acceptors (Lipinski definition) is 5. The number of benzene rings is 2. The second kappa shape index (κ2) is 6.91. The van der Waals surface area contributed by atoms with Crippen LogP contribution in [-0.2, 0) is 0 Å². The van der Waals surface area contributed by atoms with Gasteiger partial charge in [0, 0.05) is 46.2 Å². The molecule has 2 aliphatic rings. The van der Waals surface area contributed by atoms with Crippen molar-refractivity contribution in [3.63, 3.8) is 0 Å². The number of aromatic amines is 1. The van der Waals surface area contributed by atoms with Crippen LogP contribution < -0.4 is 10.6 Å². The third-order valence-electron chi connectivity index (χ3n) is 5.50. The van der Waals surface area contributed by atoms with Crippen molar-refractivity contribution >= 4 is 45.7 Å². The largest absolute Gasteiger partial charge is 0.457 e. The first-order valence-electron chi connectivity index (χ1n) is 10.2. The molecule has 0 unspecified atom stereocenters. The van der Waals surface area contributed by atoms with Crippen molar-refractivity contribution in [2.75, 3.05) is 26.2 Å². The van der Waals surface area contributed by atoms with E-state index in [0.29, 0.717) is 0 Å². The first-order valence-corrected chi connectivity index (χ1v) is 10.2. The summed E-state index contributed by atoms with van der Waals surface area (Å²) < 4.78 is 6.04.